The van der Waals surface area contributed by atoms with Gasteiger partial charge in [-0.1, -0.05) is 29.9 Å². The van der Waals surface area contributed by atoms with E-state index in [1.54, 1.807) is 25.1 Å². The molecule has 1 aliphatic rings. The van der Waals surface area contributed by atoms with Gasteiger partial charge in [0.2, 0.25) is 0 Å². The first-order valence-electron chi connectivity index (χ1n) is 11.0. The highest BCUT2D eigenvalue weighted by Gasteiger charge is 2.18. The number of carboxylic acids is 1. The molecule has 0 aliphatic carbocycles. The maximum absolute atomic E-state index is 11.3. The number of rotatable bonds is 8. The second-order valence-electron chi connectivity index (χ2n) is 8.31. The Morgan fingerprint density at radius 3 is 2.62 bits per heavy atom. The second kappa shape index (κ2) is 11.1. The molecule has 0 radical (unpaired) electrons. The second-order valence-corrected chi connectivity index (χ2v) is 9.13. The van der Waals surface area contributed by atoms with Crippen molar-refractivity contribution in [3.63, 3.8) is 0 Å². The molecule has 32 heavy (non-hydrogen) atoms. The third kappa shape index (κ3) is 6.21. The molecule has 1 heterocycles. The molecular formula is C25H30ClNO4S. The van der Waals surface area contributed by atoms with E-state index in [2.05, 4.69) is 5.32 Å². The third-order valence-electron chi connectivity index (χ3n) is 5.82. The Bertz CT molecular complexity index is 965. The summed E-state index contributed by atoms with van der Waals surface area (Å²) in [7, 11) is 0. The first kappa shape index (κ1) is 24.5. The summed E-state index contributed by atoms with van der Waals surface area (Å²) in [5, 5.41) is 13.0. The van der Waals surface area contributed by atoms with Gasteiger partial charge in [-0.3, -0.25) is 4.79 Å². The van der Waals surface area contributed by atoms with E-state index in [1.807, 2.05) is 26.0 Å². The molecule has 0 aromatic heterocycles. The molecule has 172 valence electrons. The SMILES string of the molecule is Cc1cc(OCC[C@H]2CCCCO2)cc(C)c1C(=S)Nc1cc(C(C)C(=O)O)ccc1Cl. The monoisotopic (exact) mass is 475 g/mol. The number of ether oxygens (including phenoxy) is 2. The average molecular weight is 476 g/mol. The van der Waals surface area contributed by atoms with E-state index in [-0.39, 0.29) is 0 Å². The maximum atomic E-state index is 11.3. The van der Waals surface area contributed by atoms with E-state index in [4.69, 9.17) is 33.3 Å². The molecule has 7 heteroatoms. The predicted molar refractivity (Wildman–Crippen MR) is 132 cm³/mol. The summed E-state index contributed by atoms with van der Waals surface area (Å²) in [4.78, 5) is 11.9. The Balaban J connectivity index is 1.69. The zero-order chi connectivity index (χ0) is 23.3. The number of hydrogen-bond donors (Lipinski definition) is 2. The maximum Gasteiger partial charge on any atom is 0.310 e. The van der Waals surface area contributed by atoms with E-state index in [9.17, 15) is 9.90 Å². The molecule has 1 saturated heterocycles. The molecule has 2 N–H and O–H groups in total. The van der Waals surface area contributed by atoms with Crippen LogP contribution in [0.1, 0.15) is 60.8 Å². The summed E-state index contributed by atoms with van der Waals surface area (Å²) in [5.41, 5.74) is 4.16. The lowest BCUT2D eigenvalue weighted by molar-refractivity contribution is -0.138. The number of thiocarbonyl (C=S) groups is 1. The summed E-state index contributed by atoms with van der Waals surface area (Å²) < 4.78 is 11.8. The minimum Gasteiger partial charge on any atom is -0.493 e. The van der Waals surface area contributed by atoms with Crippen molar-refractivity contribution >= 4 is 40.5 Å². The first-order chi connectivity index (χ1) is 15.3. The first-order valence-corrected chi connectivity index (χ1v) is 11.7. The molecule has 5 nitrogen and oxygen atoms in total. The molecular weight excluding hydrogens is 446 g/mol. The average Bonchev–Trinajstić information content (AvgIpc) is 2.75. The topological polar surface area (TPSA) is 67.8 Å². The van der Waals surface area contributed by atoms with Crippen molar-refractivity contribution in [2.45, 2.75) is 58.5 Å². The normalized spacial score (nSPS) is 16.9. The van der Waals surface area contributed by atoms with Crippen LogP contribution in [0.2, 0.25) is 5.02 Å². The van der Waals surface area contributed by atoms with Crippen LogP contribution in [0.5, 0.6) is 5.75 Å². The lowest BCUT2D eigenvalue weighted by atomic mass is 10.00. The fraction of sp³-hybridized carbons (Fsp3) is 0.440. The third-order valence-corrected chi connectivity index (χ3v) is 6.46. The van der Waals surface area contributed by atoms with Crippen LogP contribution in [0.15, 0.2) is 30.3 Å². The van der Waals surface area contributed by atoms with Gasteiger partial charge in [-0.15, -0.1) is 0 Å². The van der Waals surface area contributed by atoms with Crippen LogP contribution in [0, 0.1) is 13.8 Å². The number of aliphatic carboxylic acids is 1. The quantitative estimate of drug-likeness (QED) is 0.438. The number of carboxylic acid groups (broad SMARTS) is 1. The lowest BCUT2D eigenvalue weighted by Gasteiger charge is -2.22. The summed E-state index contributed by atoms with van der Waals surface area (Å²) in [6, 6.07) is 9.12. The number of hydrogen-bond acceptors (Lipinski definition) is 4. The summed E-state index contributed by atoms with van der Waals surface area (Å²) in [6.07, 6.45) is 4.67. The van der Waals surface area contributed by atoms with Crippen LogP contribution >= 0.6 is 23.8 Å². The van der Waals surface area contributed by atoms with Crippen molar-refractivity contribution in [3.8, 4) is 5.75 Å². The van der Waals surface area contributed by atoms with Gasteiger partial charge in [0.05, 0.1) is 29.3 Å². The highest BCUT2D eigenvalue weighted by molar-refractivity contribution is 7.81. The van der Waals surface area contributed by atoms with Crippen molar-refractivity contribution in [2.24, 2.45) is 0 Å². The van der Waals surface area contributed by atoms with Gasteiger partial charge in [0.15, 0.2) is 0 Å². The van der Waals surface area contributed by atoms with Crippen molar-refractivity contribution < 1.29 is 19.4 Å². The van der Waals surface area contributed by atoms with Gasteiger partial charge in [-0.2, -0.15) is 0 Å². The fourth-order valence-electron chi connectivity index (χ4n) is 3.94. The molecule has 0 spiro atoms. The number of benzene rings is 2. The number of halogens is 1. The largest absolute Gasteiger partial charge is 0.493 e. The Hall–Kier alpha value is -2.15. The van der Waals surface area contributed by atoms with Gasteiger partial charge >= 0.3 is 5.97 Å². The molecule has 1 unspecified atom stereocenters. The minimum atomic E-state index is -0.891. The number of anilines is 1. The highest BCUT2D eigenvalue weighted by Crippen LogP contribution is 2.29. The zero-order valence-electron chi connectivity index (χ0n) is 18.7. The van der Waals surface area contributed by atoms with E-state index in [1.165, 1.54) is 6.42 Å². The molecule has 2 aromatic rings. The lowest BCUT2D eigenvalue weighted by Crippen LogP contribution is -2.21. The molecule has 1 aliphatic heterocycles. The number of aryl methyl sites for hydroxylation is 2. The predicted octanol–water partition coefficient (Wildman–Crippen LogP) is 6.27. The van der Waals surface area contributed by atoms with Gasteiger partial charge in [-0.05, 0) is 81.0 Å². The van der Waals surface area contributed by atoms with Crippen LogP contribution < -0.4 is 10.1 Å². The van der Waals surface area contributed by atoms with Gasteiger partial charge in [0, 0.05) is 18.6 Å². The number of nitrogens with one attached hydrogen (secondary N) is 1. The van der Waals surface area contributed by atoms with E-state index in [0.717, 1.165) is 48.3 Å². The zero-order valence-corrected chi connectivity index (χ0v) is 20.3. The molecule has 3 rings (SSSR count). The van der Waals surface area contributed by atoms with Crippen molar-refractivity contribution in [1.82, 2.24) is 0 Å². The fourth-order valence-corrected chi connectivity index (χ4v) is 4.54. The van der Waals surface area contributed by atoms with E-state index in [0.29, 0.717) is 34.0 Å². The van der Waals surface area contributed by atoms with Crippen molar-refractivity contribution in [3.05, 3.63) is 57.6 Å². The van der Waals surface area contributed by atoms with E-state index >= 15 is 0 Å². The van der Waals surface area contributed by atoms with Crippen LogP contribution in [0.25, 0.3) is 0 Å². The Kier molecular flexibility index (Phi) is 8.51. The van der Waals surface area contributed by atoms with Crippen LogP contribution in [-0.4, -0.2) is 35.4 Å². The molecule has 1 fully saturated rings. The molecule has 2 aromatic carbocycles. The molecule has 0 saturated carbocycles. The van der Waals surface area contributed by atoms with Crippen LogP contribution in [-0.2, 0) is 9.53 Å². The molecule has 0 amide bonds. The van der Waals surface area contributed by atoms with Gasteiger partial charge in [0.1, 0.15) is 10.7 Å². The Morgan fingerprint density at radius 1 is 1.28 bits per heavy atom. The van der Waals surface area contributed by atoms with Gasteiger partial charge < -0.3 is 19.9 Å². The highest BCUT2D eigenvalue weighted by atomic mass is 35.5. The minimum absolute atomic E-state index is 0.298. The standard InChI is InChI=1S/C25H30ClNO4S/c1-15-12-20(31-11-9-19-6-4-5-10-30-19)13-16(2)23(15)24(32)27-22-14-18(7-8-21(22)26)17(3)25(28)29/h7-8,12-14,17,19H,4-6,9-11H2,1-3H3,(H,27,32)(H,28,29)/t17?,19-/m1/s1. The molecule has 2 atom stereocenters. The summed E-state index contributed by atoms with van der Waals surface area (Å²) in [5.74, 6) is -0.712. The van der Waals surface area contributed by atoms with Gasteiger partial charge in [0.25, 0.3) is 0 Å². The smallest absolute Gasteiger partial charge is 0.310 e. The van der Waals surface area contributed by atoms with Crippen molar-refractivity contribution in [1.29, 1.82) is 0 Å². The molecule has 0 bridgehead atoms. The van der Waals surface area contributed by atoms with Crippen LogP contribution in [0.4, 0.5) is 5.69 Å². The number of carbonyl (C=O) groups is 1. The van der Waals surface area contributed by atoms with Crippen molar-refractivity contribution in [2.75, 3.05) is 18.5 Å². The van der Waals surface area contributed by atoms with Gasteiger partial charge in [-0.25, -0.2) is 0 Å². The van der Waals surface area contributed by atoms with E-state index < -0.39 is 11.9 Å². The Morgan fingerprint density at radius 2 is 2.00 bits per heavy atom. The summed E-state index contributed by atoms with van der Waals surface area (Å²) in [6.45, 7) is 7.11. The Labute approximate surface area is 200 Å². The summed E-state index contributed by atoms with van der Waals surface area (Å²) >= 11 is 12.0. The van der Waals surface area contributed by atoms with Crippen LogP contribution in [0.3, 0.4) is 0 Å².